The number of rotatable bonds is 8. The molecule has 2 aromatic rings. The number of benzene rings is 2. The number of aliphatic hydroxyl groups excluding tert-OH is 1. The topological polar surface area (TPSA) is 90.0 Å². The third kappa shape index (κ3) is 5.43. The fourth-order valence-corrected chi connectivity index (χ4v) is 3.80. The van der Waals surface area contributed by atoms with Crippen molar-refractivity contribution < 1.29 is 18.3 Å². The van der Waals surface area contributed by atoms with Crippen molar-refractivity contribution in [3.8, 4) is 0 Å². The number of anilines is 2. The van der Waals surface area contributed by atoms with E-state index in [0.29, 0.717) is 5.69 Å². The Labute approximate surface area is 164 Å². The number of nitrogens with zero attached hydrogens (tertiary/aromatic N) is 2. The van der Waals surface area contributed by atoms with Gasteiger partial charge in [0.2, 0.25) is 15.9 Å². The summed E-state index contributed by atoms with van der Waals surface area (Å²) in [4.78, 5) is 14.1. The number of carbonyl (C=O) groups excluding carboxylic acids is 1. The lowest BCUT2D eigenvalue weighted by Crippen LogP contribution is -2.35. The quantitative estimate of drug-likeness (QED) is 0.693. The maximum absolute atomic E-state index is 12.4. The Hall–Kier alpha value is -2.13. The molecule has 0 aromatic heterocycles. The Bertz CT molecular complexity index is 889. The monoisotopic (exact) mass is 411 g/mol. The van der Waals surface area contributed by atoms with Gasteiger partial charge in [0.1, 0.15) is 4.90 Å². The number of para-hydroxylation sites is 1. The number of halogens is 1. The molecule has 9 heteroatoms. The van der Waals surface area contributed by atoms with Crippen LogP contribution < -0.4 is 10.2 Å². The Morgan fingerprint density at radius 3 is 2.41 bits per heavy atom. The Kier molecular flexibility index (Phi) is 7.20. The fourth-order valence-electron chi connectivity index (χ4n) is 2.41. The van der Waals surface area contributed by atoms with E-state index in [9.17, 15) is 18.3 Å². The minimum absolute atomic E-state index is 0.00294. The van der Waals surface area contributed by atoms with Crippen LogP contribution in [0.4, 0.5) is 11.4 Å². The smallest absolute Gasteiger partial charge is 0.244 e. The first kappa shape index (κ1) is 21.2. The number of nitrogens with one attached hydrogen (secondary N) is 1. The summed E-state index contributed by atoms with van der Waals surface area (Å²) >= 11 is 6.01. The van der Waals surface area contributed by atoms with Crippen molar-refractivity contribution in [1.82, 2.24) is 4.31 Å². The summed E-state index contributed by atoms with van der Waals surface area (Å²) in [5.41, 5.74) is 1.12. The highest BCUT2D eigenvalue weighted by molar-refractivity contribution is 7.89. The summed E-state index contributed by atoms with van der Waals surface area (Å²) in [6.07, 6.45) is 0. The Balaban J connectivity index is 2.18. The predicted molar refractivity (Wildman–Crippen MR) is 107 cm³/mol. The Morgan fingerprint density at radius 2 is 1.81 bits per heavy atom. The summed E-state index contributed by atoms with van der Waals surface area (Å²) in [5.74, 6) is -0.345. The van der Waals surface area contributed by atoms with Crippen LogP contribution in [0.15, 0.2) is 53.4 Å². The van der Waals surface area contributed by atoms with Crippen LogP contribution >= 0.6 is 11.6 Å². The van der Waals surface area contributed by atoms with Crippen LogP contribution in [0.2, 0.25) is 5.02 Å². The average Bonchev–Trinajstić information content (AvgIpc) is 2.63. The SMILES string of the molecule is CN(C)S(=O)(=O)c1cc(NC(=O)CN(CCO)c2ccccc2)ccc1Cl. The molecule has 2 aromatic carbocycles. The molecule has 2 N–H and O–H groups in total. The van der Waals surface area contributed by atoms with Gasteiger partial charge in [-0.3, -0.25) is 4.79 Å². The van der Waals surface area contributed by atoms with Gasteiger partial charge in [-0.2, -0.15) is 0 Å². The summed E-state index contributed by atoms with van der Waals surface area (Å²) in [7, 11) is -0.921. The third-order valence-corrected chi connectivity index (χ3v) is 6.10. The first-order valence-electron chi connectivity index (χ1n) is 8.18. The van der Waals surface area contributed by atoms with Crippen LogP contribution in [-0.2, 0) is 14.8 Å². The molecule has 0 heterocycles. The Morgan fingerprint density at radius 1 is 1.15 bits per heavy atom. The minimum Gasteiger partial charge on any atom is -0.395 e. The number of hydrogen-bond acceptors (Lipinski definition) is 5. The van der Waals surface area contributed by atoms with Crippen molar-refractivity contribution >= 4 is 38.9 Å². The largest absolute Gasteiger partial charge is 0.395 e. The fraction of sp³-hybridized carbons (Fsp3) is 0.278. The van der Waals surface area contributed by atoms with Crippen LogP contribution in [-0.4, -0.2) is 57.5 Å². The molecule has 1 amide bonds. The van der Waals surface area contributed by atoms with Crippen molar-refractivity contribution in [3.05, 3.63) is 53.6 Å². The highest BCUT2D eigenvalue weighted by Gasteiger charge is 2.21. The van der Waals surface area contributed by atoms with E-state index in [1.165, 1.54) is 32.3 Å². The molecule has 0 aliphatic rings. The van der Waals surface area contributed by atoms with Crippen molar-refractivity contribution in [3.63, 3.8) is 0 Å². The molecule has 0 aliphatic carbocycles. The molecule has 7 nitrogen and oxygen atoms in total. The number of hydrogen-bond donors (Lipinski definition) is 2. The van der Waals surface area contributed by atoms with Gasteiger partial charge in [-0.05, 0) is 30.3 Å². The second kappa shape index (κ2) is 9.18. The summed E-state index contributed by atoms with van der Waals surface area (Å²) < 4.78 is 25.7. The van der Waals surface area contributed by atoms with E-state index in [2.05, 4.69) is 5.32 Å². The molecule has 2 rings (SSSR count). The molecule has 0 saturated carbocycles. The summed E-state index contributed by atoms with van der Waals surface area (Å²) in [6, 6.07) is 13.5. The average molecular weight is 412 g/mol. The zero-order chi connectivity index (χ0) is 20.0. The molecule has 0 spiro atoms. The van der Waals surface area contributed by atoms with Crippen molar-refractivity contribution in [2.45, 2.75) is 4.90 Å². The van der Waals surface area contributed by atoms with E-state index in [4.69, 9.17) is 11.6 Å². The van der Waals surface area contributed by atoms with Gasteiger partial charge in [-0.1, -0.05) is 29.8 Å². The van der Waals surface area contributed by atoms with Crippen LogP contribution in [0.25, 0.3) is 0 Å². The van der Waals surface area contributed by atoms with Crippen molar-refractivity contribution in [1.29, 1.82) is 0 Å². The van der Waals surface area contributed by atoms with Crippen molar-refractivity contribution in [2.75, 3.05) is 44.0 Å². The lowest BCUT2D eigenvalue weighted by Gasteiger charge is -2.23. The standard InChI is InChI=1S/C18H22ClN3O4S/c1-21(2)27(25,26)17-12-14(8-9-16(17)19)20-18(24)13-22(10-11-23)15-6-4-3-5-7-15/h3-9,12,23H,10-11,13H2,1-2H3,(H,20,24). The van der Waals surface area contributed by atoms with Crippen LogP contribution in [0.1, 0.15) is 0 Å². The maximum Gasteiger partial charge on any atom is 0.244 e. The van der Waals surface area contributed by atoms with E-state index in [0.717, 1.165) is 9.99 Å². The van der Waals surface area contributed by atoms with Crippen LogP contribution in [0.3, 0.4) is 0 Å². The number of aliphatic hydroxyl groups is 1. The van der Waals surface area contributed by atoms with Crippen molar-refractivity contribution in [2.24, 2.45) is 0 Å². The van der Waals surface area contributed by atoms with Crippen LogP contribution in [0.5, 0.6) is 0 Å². The molecule has 0 aliphatic heterocycles. The van der Waals surface area contributed by atoms with Gasteiger partial charge in [-0.25, -0.2) is 12.7 Å². The lowest BCUT2D eigenvalue weighted by atomic mass is 10.2. The predicted octanol–water partition coefficient (Wildman–Crippen LogP) is 2.03. The molecular weight excluding hydrogens is 390 g/mol. The lowest BCUT2D eigenvalue weighted by molar-refractivity contribution is -0.115. The van der Waals surface area contributed by atoms with Gasteiger partial charge in [0.05, 0.1) is 18.2 Å². The molecule has 0 radical (unpaired) electrons. The molecule has 0 unspecified atom stereocenters. The van der Waals surface area contributed by atoms with Gasteiger partial charge in [0, 0.05) is 32.0 Å². The zero-order valence-corrected chi connectivity index (χ0v) is 16.7. The van der Waals surface area contributed by atoms with Gasteiger partial charge in [0.15, 0.2) is 0 Å². The van der Waals surface area contributed by atoms with E-state index >= 15 is 0 Å². The zero-order valence-electron chi connectivity index (χ0n) is 15.1. The molecule has 0 bridgehead atoms. The number of carbonyl (C=O) groups is 1. The molecular formula is C18H22ClN3O4S. The number of sulfonamides is 1. The molecule has 0 fully saturated rings. The highest BCUT2D eigenvalue weighted by atomic mass is 35.5. The molecule has 0 saturated heterocycles. The second-order valence-corrected chi connectivity index (χ2v) is 8.49. The highest BCUT2D eigenvalue weighted by Crippen LogP contribution is 2.27. The maximum atomic E-state index is 12.4. The first-order chi connectivity index (χ1) is 12.8. The molecule has 146 valence electrons. The second-order valence-electron chi connectivity index (χ2n) is 5.96. The van der Waals surface area contributed by atoms with Gasteiger partial charge in [0.25, 0.3) is 0 Å². The van der Waals surface area contributed by atoms with E-state index in [-0.39, 0.29) is 35.5 Å². The van der Waals surface area contributed by atoms with Gasteiger partial charge >= 0.3 is 0 Å². The normalized spacial score (nSPS) is 11.4. The number of amides is 1. The molecule has 0 atom stereocenters. The van der Waals surface area contributed by atoms with E-state index in [1.54, 1.807) is 4.90 Å². The first-order valence-corrected chi connectivity index (χ1v) is 10.0. The third-order valence-electron chi connectivity index (χ3n) is 3.80. The van der Waals surface area contributed by atoms with E-state index < -0.39 is 10.0 Å². The van der Waals surface area contributed by atoms with Gasteiger partial charge in [-0.15, -0.1) is 0 Å². The van der Waals surface area contributed by atoms with Gasteiger partial charge < -0.3 is 15.3 Å². The van der Waals surface area contributed by atoms with E-state index in [1.807, 2.05) is 30.3 Å². The van der Waals surface area contributed by atoms with Crippen LogP contribution in [0, 0.1) is 0 Å². The minimum atomic E-state index is -3.73. The summed E-state index contributed by atoms with van der Waals surface area (Å²) in [6.45, 7) is 0.190. The molecule has 27 heavy (non-hydrogen) atoms. The summed E-state index contributed by atoms with van der Waals surface area (Å²) in [5, 5.41) is 12.0.